The van der Waals surface area contributed by atoms with Crippen LogP contribution < -0.4 is 10.6 Å². The number of benzene rings is 1. The zero-order chi connectivity index (χ0) is 15.0. The molecule has 7 heteroatoms. The molecule has 0 saturated heterocycles. The van der Waals surface area contributed by atoms with Crippen LogP contribution in [0.4, 0.5) is 9.18 Å². The van der Waals surface area contributed by atoms with E-state index in [1.165, 1.54) is 12.1 Å². The highest BCUT2D eigenvalue weighted by Gasteiger charge is 2.11. The van der Waals surface area contributed by atoms with Gasteiger partial charge < -0.3 is 20.5 Å². The number of urea groups is 1. The number of hydrogen-bond donors (Lipinski definition) is 3. The van der Waals surface area contributed by atoms with E-state index in [0.717, 1.165) is 6.07 Å². The van der Waals surface area contributed by atoms with Crippen LogP contribution in [0.5, 0.6) is 0 Å². The molecule has 2 amide bonds. The van der Waals surface area contributed by atoms with Crippen molar-refractivity contribution in [1.29, 1.82) is 0 Å². The van der Waals surface area contributed by atoms with Crippen LogP contribution in [0.1, 0.15) is 18.6 Å². The molecule has 0 spiro atoms. The molecule has 0 aliphatic carbocycles. The lowest BCUT2D eigenvalue weighted by atomic mass is 10.1. The number of ether oxygens (including phenoxy) is 1. The van der Waals surface area contributed by atoms with Crippen LogP contribution in [-0.4, -0.2) is 37.4 Å². The zero-order valence-electron chi connectivity index (χ0n) is 11.2. The van der Waals surface area contributed by atoms with Gasteiger partial charge in [0, 0.05) is 19.7 Å². The molecule has 0 bridgehead atoms. The van der Waals surface area contributed by atoms with Crippen molar-refractivity contribution in [2.45, 2.75) is 13.0 Å². The maximum atomic E-state index is 13.2. The number of halogens is 2. The normalized spacial score (nSPS) is 12.0. The molecule has 0 fully saturated rings. The molecule has 3 N–H and O–H groups in total. The molecule has 112 valence electrons. The molecule has 0 heterocycles. The second kappa shape index (κ2) is 8.73. The average molecular weight is 305 g/mol. The van der Waals surface area contributed by atoms with Crippen LogP contribution >= 0.6 is 11.6 Å². The lowest BCUT2D eigenvalue weighted by Crippen LogP contribution is -2.39. The number of nitrogens with one attached hydrogen (secondary N) is 2. The lowest BCUT2D eigenvalue weighted by Gasteiger charge is -2.13. The predicted molar refractivity (Wildman–Crippen MR) is 74.3 cm³/mol. The SMILES string of the molecule is CCOCCNC(=O)NCC(O)c1ccc(Cl)c(F)c1. The van der Waals surface area contributed by atoms with Gasteiger partial charge in [-0.3, -0.25) is 0 Å². The standard InChI is InChI=1S/C13H18ClFN2O3/c1-2-20-6-5-16-13(19)17-8-12(18)9-3-4-10(14)11(15)7-9/h3-4,7,12,18H,2,5-6,8H2,1H3,(H2,16,17,19). The second-order valence-corrected chi connectivity index (χ2v) is 4.43. The Bertz CT molecular complexity index is 446. The van der Waals surface area contributed by atoms with E-state index >= 15 is 0 Å². The fourth-order valence-electron chi connectivity index (χ4n) is 1.47. The van der Waals surface area contributed by atoms with Gasteiger partial charge in [-0.05, 0) is 24.6 Å². The largest absolute Gasteiger partial charge is 0.387 e. The Morgan fingerprint density at radius 3 is 2.90 bits per heavy atom. The highest BCUT2D eigenvalue weighted by Crippen LogP contribution is 2.19. The lowest BCUT2D eigenvalue weighted by molar-refractivity contribution is 0.148. The molecule has 0 aromatic heterocycles. The molecule has 0 aliphatic rings. The number of aliphatic hydroxyl groups is 1. The summed E-state index contributed by atoms with van der Waals surface area (Å²) < 4.78 is 18.3. The minimum Gasteiger partial charge on any atom is -0.387 e. The minimum atomic E-state index is -1.00. The molecule has 1 rings (SSSR count). The van der Waals surface area contributed by atoms with Crippen LogP contribution in [0, 0.1) is 5.82 Å². The average Bonchev–Trinajstić information content (AvgIpc) is 2.44. The van der Waals surface area contributed by atoms with Crippen molar-refractivity contribution >= 4 is 17.6 Å². The minimum absolute atomic E-state index is 0.0115. The van der Waals surface area contributed by atoms with E-state index < -0.39 is 18.0 Å². The van der Waals surface area contributed by atoms with E-state index in [0.29, 0.717) is 25.3 Å². The van der Waals surface area contributed by atoms with E-state index in [-0.39, 0.29) is 11.6 Å². The van der Waals surface area contributed by atoms with Crippen molar-refractivity contribution in [2.75, 3.05) is 26.3 Å². The topological polar surface area (TPSA) is 70.6 Å². The summed E-state index contributed by atoms with van der Waals surface area (Å²) in [5, 5.41) is 14.9. The van der Waals surface area contributed by atoms with Crippen molar-refractivity contribution in [2.24, 2.45) is 0 Å². The molecule has 0 saturated carbocycles. The third-order valence-corrected chi connectivity index (χ3v) is 2.83. The first-order valence-electron chi connectivity index (χ1n) is 6.27. The Kier molecular flexibility index (Phi) is 7.28. The Labute approximate surface area is 122 Å². The highest BCUT2D eigenvalue weighted by molar-refractivity contribution is 6.30. The fourth-order valence-corrected chi connectivity index (χ4v) is 1.59. The van der Waals surface area contributed by atoms with E-state index in [4.69, 9.17) is 16.3 Å². The second-order valence-electron chi connectivity index (χ2n) is 4.02. The third kappa shape index (κ3) is 5.73. The number of rotatable bonds is 7. The van der Waals surface area contributed by atoms with Gasteiger partial charge in [-0.1, -0.05) is 17.7 Å². The fraction of sp³-hybridized carbons (Fsp3) is 0.462. The van der Waals surface area contributed by atoms with E-state index in [9.17, 15) is 14.3 Å². The zero-order valence-corrected chi connectivity index (χ0v) is 11.9. The first-order valence-corrected chi connectivity index (χ1v) is 6.64. The number of aliphatic hydroxyl groups excluding tert-OH is 1. The first-order chi connectivity index (χ1) is 9.54. The Morgan fingerprint density at radius 2 is 2.25 bits per heavy atom. The quantitative estimate of drug-likeness (QED) is 0.673. The summed E-state index contributed by atoms with van der Waals surface area (Å²) in [4.78, 5) is 11.4. The summed E-state index contributed by atoms with van der Waals surface area (Å²) in [6.45, 7) is 3.23. The van der Waals surface area contributed by atoms with Crippen molar-refractivity contribution in [1.82, 2.24) is 10.6 Å². The molecule has 1 atom stereocenters. The Morgan fingerprint density at radius 1 is 1.50 bits per heavy atom. The Balaban J connectivity index is 2.33. The molecule has 20 heavy (non-hydrogen) atoms. The molecular weight excluding hydrogens is 287 g/mol. The molecule has 0 radical (unpaired) electrons. The van der Waals surface area contributed by atoms with Gasteiger partial charge in [0.25, 0.3) is 0 Å². The van der Waals surface area contributed by atoms with Gasteiger partial charge in [0.1, 0.15) is 5.82 Å². The molecule has 0 aliphatic heterocycles. The van der Waals surface area contributed by atoms with Gasteiger partial charge in [-0.15, -0.1) is 0 Å². The predicted octanol–water partition coefficient (Wildman–Crippen LogP) is 1.85. The summed E-state index contributed by atoms with van der Waals surface area (Å²) >= 11 is 5.55. The summed E-state index contributed by atoms with van der Waals surface area (Å²) in [7, 11) is 0. The van der Waals surface area contributed by atoms with Crippen molar-refractivity contribution in [3.8, 4) is 0 Å². The van der Waals surface area contributed by atoms with Gasteiger partial charge >= 0.3 is 6.03 Å². The summed E-state index contributed by atoms with van der Waals surface area (Å²) in [5.74, 6) is -0.607. The smallest absolute Gasteiger partial charge is 0.314 e. The first kappa shape index (κ1) is 16.7. The van der Waals surface area contributed by atoms with Crippen molar-refractivity contribution in [3.63, 3.8) is 0 Å². The third-order valence-electron chi connectivity index (χ3n) is 2.52. The number of carbonyl (C=O) groups is 1. The van der Waals surface area contributed by atoms with Gasteiger partial charge in [0.2, 0.25) is 0 Å². The number of carbonyl (C=O) groups excluding carboxylic acids is 1. The molecular formula is C13H18ClFN2O3. The van der Waals surface area contributed by atoms with Crippen LogP contribution in [0.15, 0.2) is 18.2 Å². The molecule has 1 unspecified atom stereocenters. The van der Waals surface area contributed by atoms with Crippen LogP contribution in [-0.2, 0) is 4.74 Å². The van der Waals surface area contributed by atoms with E-state index in [1.807, 2.05) is 6.92 Å². The van der Waals surface area contributed by atoms with Crippen LogP contribution in [0.2, 0.25) is 5.02 Å². The van der Waals surface area contributed by atoms with Gasteiger partial charge in [0.05, 0.1) is 17.7 Å². The maximum absolute atomic E-state index is 13.2. The van der Waals surface area contributed by atoms with Crippen LogP contribution in [0.3, 0.4) is 0 Å². The molecule has 1 aromatic rings. The van der Waals surface area contributed by atoms with Crippen LogP contribution in [0.25, 0.3) is 0 Å². The summed E-state index contributed by atoms with van der Waals surface area (Å²) in [5.41, 5.74) is 0.349. The summed E-state index contributed by atoms with van der Waals surface area (Å²) in [6.07, 6.45) is -1.00. The Hall–Kier alpha value is -1.37. The van der Waals surface area contributed by atoms with Crippen molar-refractivity contribution < 1.29 is 19.0 Å². The van der Waals surface area contributed by atoms with Crippen molar-refractivity contribution in [3.05, 3.63) is 34.6 Å². The van der Waals surface area contributed by atoms with Gasteiger partial charge in [-0.25, -0.2) is 9.18 Å². The maximum Gasteiger partial charge on any atom is 0.314 e. The van der Waals surface area contributed by atoms with E-state index in [2.05, 4.69) is 10.6 Å². The van der Waals surface area contributed by atoms with Gasteiger partial charge in [-0.2, -0.15) is 0 Å². The van der Waals surface area contributed by atoms with Gasteiger partial charge in [0.15, 0.2) is 0 Å². The molecule has 1 aromatic carbocycles. The molecule has 5 nitrogen and oxygen atoms in total. The highest BCUT2D eigenvalue weighted by atomic mass is 35.5. The number of amides is 2. The number of hydrogen-bond acceptors (Lipinski definition) is 3. The summed E-state index contributed by atoms with van der Waals surface area (Å²) in [6, 6.07) is 3.59. The van der Waals surface area contributed by atoms with E-state index in [1.54, 1.807) is 0 Å². The monoisotopic (exact) mass is 304 g/mol.